The van der Waals surface area contributed by atoms with Gasteiger partial charge in [0, 0.05) is 16.6 Å². The van der Waals surface area contributed by atoms with Crippen molar-refractivity contribution >= 4 is 27.7 Å². The molecule has 0 aliphatic rings. The largest absolute Gasteiger partial charge is 0.355 e. The Bertz CT molecular complexity index is 747. The van der Waals surface area contributed by atoms with Gasteiger partial charge in [0.2, 0.25) is 5.91 Å². The van der Waals surface area contributed by atoms with Gasteiger partial charge in [-0.25, -0.2) is 0 Å². The zero-order valence-electron chi connectivity index (χ0n) is 13.7. The highest BCUT2D eigenvalue weighted by molar-refractivity contribution is 9.10. The fraction of sp³-hybridized carbons (Fsp3) is 0.278. The number of aryl methyl sites for hydroxylation is 1. The number of hydrogen-bond donors (Lipinski definition) is 2. The van der Waals surface area contributed by atoms with Gasteiger partial charge in [-0.05, 0) is 37.6 Å². The lowest BCUT2D eigenvalue weighted by Gasteiger charge is -2.09. The Hall–Kier alpha value is -2.21. The smallest absolute Gasteiger partial charge is 0.253 e. The first kappa shape index (κ1) is 18.1. The van der Waals surface area contributed by atoms with Crippen LogP contribution in [0.2, 0.25) is 0 Å². The minimum absolute atomic E-state index is 0.0361. The number of nitrogens with one attached hydrogen (secondary N) is 2. The molecular formula is C18H20BrN3O2. The summed E-state index contributed by atoms with van der Waals surface area (Å²) in [5.74, 6) is -0.492. The second-order valence-corrected chi connectivity index (χ2v) is 6.29. The van der Waals surface area contributed by atoms with E-state index in [1.165, 1.54) is 0 Å². The van der Waals surface area contributed by atoms with Crippen LogP contribution >= 0.6 is 15.9 Å². The van der Waals surface area contributed by atoms with Crippen LogP contribution in [0.4, 0.5) is 0 Å². The van der Waals surface area contributed by atoms with Gasteiger partial charge in [0.05, 0.1) is 23.5 Å². The van der Waals surface area contributed by atoms with E-state index in [1.807, 2.05) is 31.2 Å². The van der Waals surface area contributed by atoms with Gasteiger partial charge in [0.15, 0.2) is 0 Å². The number of amides is 2. The Kier molecular flexibility index (Phi) is 6.49. The molecule has 0 fully saturated rings. The summed E-state index contributed by atoms with van der Waals surface area (Å²) in [5.41, 5.74) is 2.86. The van der Waals surface area contributed by atoms with E-state index in [4.69, 9.17) is 0 Å². The molecule has 126 valence electrons. The molecule has 0 bridgehead atoms. The summed E-state index contributed by atoms with van der Waals surface area (Å²) in [4.78, 5) is 28.3. The molecule has 0 saturated carbocycles. The maximum absolute atomic E-state index is 12.2. The van der Waals surface area contributed by atoms with E-state index >= 15 is 0 Å². The van der Waals surface area contributed by atoms with Gasteiger partial charge in [-0.3, -0.25) is 14.6 Å². The van der Waals surface area contributed by atoms with Crippen LogP contribution in [0.15, 0.2) is 40.9 Å². The molecule has 2 amide bonds. The molecule has 1 aromatic heterocycles. The molecule has 5 nitrogen and oxygen atoms in total. The summed E-state index contributed by atoms with van der Waals surface area (Å²) in [5, 5.41) is 5.33. The van der Waals surface area contributed by atoms with E-state index in [9.17, 15) is 9.59 Å². The molecule has 24 heavy (non-hydrogen) atoms. The molecule has 1 aromatic carbocycles. The lowest BCUT2D eigenvalue weighted by molar-refractivity contribution is -0.120. The van der Waals surface area contributed by atoms with Crippen molar-refractivity contribution in [3.63, 3.8) is 0 Å². The zero-order valence-corrected chi connectivity index (χ0v) is 15.3. The molecule has 0 spiro atoms. The third-order valence-electron chi connectivity index (χ3n) is 3.43. The topological polar surface area (TPSA) is 71.1 Å². The number of benzene rings is 1. The minimum Gasteiger partial charge on any atom is -0.355 e. The number of hydrogen-bond acceptors (Lipinski definition) is 3. The van der Waals surface area contributed by atoms with Crippen molar-refractivity contribution in [1.29, 1.82) is 0 Å². The highest BCUT2D eigenvalue weighted by Gasteiger charge is 2.12. The number of halogens is 1. The van der Waals surface area contributed by atoms with E-state index in [0.717, 1.165) is 22.2 Å². The minimum atomic E-state index is -0.299. The van der Waals surface area contributed by atoms with Gasteiger partial charge in [-0.15, -0.1) is 0 Å². The Morgan fingerprint density at radius 3 is 2.62 bits per heavy atom. The third-order valence-corrected chi connectivity index (χ3v) is 3.93. The monoisotopic (exact) mass is 389 g/mol. The molecular weight excluding hydrogens is 370 g/mol. The number of carbonyl (C=O) groups is 2. The predicted octanol–water partition coefficient (Wildman–Crippen LogP) is 3.08. The fourth-order valence-corrected chi connectivity index (χ4v) is 2.59. The fourth-order valence-electron chi connectivity index (χ4n) is 2.19. The van der Waals surface area contributed by atoms with Gasteiger partial charge < -0.3 is 10.6 Å². The number of aromatic nitrogens is 1. The average Bonchev–Trinajstić information content (AvgIpc) is 2.57. The normalized spacial score (nSPS) is 10.3. The molecule has 2 rings (SSSR count). The Labute approximate surface area is 150 Å². The van der Waals surface area contributed by atoms with Gasteiger partial charge >= 0.3 is 0 Å². The van der Waals surface area contributed by atoms with Crippen molar-refractivity contribution in [2.24, 2.45) is 0 Å². The summed E-state index contributed by atoms with van der Waals surface area (Å²) in [7, 11) is 0. The summed E-state index contributed by atoms with van der Waals surface area (Å²) < 4.78 is 0.972. The van der Waals surface area contributed by atoms with Crippen molar-refractivity contribution in [2.75, 3.05) is 13.1 Å². The van der Waals surface area contributed by atoms with Crippen LogP contribution in [0.1, 0.15) is 29.4 Å². The van der Waals surface area contributed by atoms with Gasteiger partial charge in [0.25, 0.3) is 5.91 Å². The maximum Gasteiger partial charge on any atom is 0.253 e. The number of rotatable bonds is 6. The van der Waals surface area contributed by atoms with Crippen molar-refractivity contribution in [1.82, 2.24) is 15.6 Å². The van der Waals surface area contributed by atoms with E-state index in [2.05, 4.69) is 31.5 Å². The lowest BCUT2D eigenvalue weighted by Crippen LogP contribution is -2.37. The van der Waals surface area contributed by atoms with Crippen LogP contribution in [-0.2, 0) is 4.79 Å². The van der Waals surface area contributed by atoms with Crippen LogP contribution in [0.25, 0.3) is 11.3 Å². The number of carbonyl (C=O) groups excluding carboxylic acids is 2. The molecule has 2 aromatic rings. The van der Waals surface area contributed by atoms with Gasteiger partial charge in [0.1, 0.15) is 0 Å². The van der Waals surface area contributed by atoms with Crippen LogP contribution in [0, 0.1) is 6.92 Å². The highest BCUT2D eigenvalue weighted by atomic mass is 79.9. The zero-order chi connectivity index (χ0) is 17.5. The molecule has 1 heterocycles. The quantitative estimate of drug-likeness (QED) is 0.797. The van der Waals surface area contributed by atoms with E-state index < -0.39 is 0 Å². The summed E-state index contributed by atoms with van der Waals surface area (Å²) in [6.45, 7) is 4.33. The summed E-state index contributed by atoms with van der Waals surface area (Å²) in [6, 6.07) is 11.4. The Morgan fingerprint density at radius 1 is 1.17 bits per heavy atom. The number of nitrogens with zero attached hydrogens (tertiary/aromatic N) is 1. The molecule has 6 heteroatoms. The predicted molar refractivity (Wildman–Crippen MR) is 97.7 cm³/mol. The molecule has 0 radical (unpaired) electrons. The van der Waals surface area contributed by atoms with Crippen molar-refractivity contribution in [2.45, 2.75) is 20.3 Å². The molecule has 0 unspecified atom stereocenters. The van der Waals surface area contributed by atoms with Crippen LogP contribution in [0.5, 0.6) is 0 Å². The first-order chi connectivity index (χ1) is 11.5. The van der Waals surface area contributed by atoms with Crippen molar-refractivity contribution in [3.8, 4) is 11.3 Å². The van der Waals surface area contributed by atoms with Crippen molar-refractivity contribution in [3.05, 3.63) is 52.1 Å². The molecule has 0 saturated heterocycles. The molecule has 0 aliphatic carbocycles. The number of pyridine rings is 1. The van der Waals surface area contributed by atoms with E-state index in [0.29, 0.717) is 17.8 Å². The van der Waals surface area contributed by atoms with Gasteiger partial charge in [-0.2, -0.15) is 0 Å². The third kappa shape index (κ3) is 4.89. The van der Waals surface area contributed by atoms with Crippen LogP contribution in [-0.4, -0.2) is 29.9 Å². The van der Waals surface area contributed by atoms with Crippen molar-refractivity contribution < 1.29 is 9.59 Å². The molecule has 0 atom stereocenters. The SMILES string of the molecule is CCCNC(=O)CNC(=O)c1ccc(-c2cccc(Br)c2)nc1C. The molecule has 2 N–H and O–H groups in total. The summed E-state index contributed by atoms with van der Waals surface area (Å²) >= 11 is 3.44. The standard InChI is InChI=1S/C18H20BrN3O2/c1-3-9-20-17(23)11-21-18(24)15-7-8-16(22-12(15)2)13-5-4-6-14(19)10-13/h4-8,10H,3,9,11H2,1-2H3,(H,20,23)(H,21,24). The lowest BCUT2D eigenvalue weighted by atomic mass is 10.1. The van der Waals surface area contributed by atoms with E-state index in [-0.39, 0.29) is 18.4 Å². The summed E-state index contributed by atoms with van der Waals surface area (Å²) in [6.07, 6.45) is 0.861. The average molecular weight is 390 g/mol. The second-order valence-electron chi connectivity index (χ2n) is 5.37. The first-order valence-electron chi connectivity index (χ1n) is 7.79. The Balaban J connectivity index is 2.06. The van der Waals surface area contributed by atoms with Crippen LogP contribution < -0.4 is 10.6 Å². The maximum atomic E-state index is 12.2. The highest BCUT2D eigenvalue weighted by Crippen LogP contribution is 2.22. The van der Waals surface area contributed by atoms with E-state index in [1.54, 1.807) is 19.1 Å². The Morgan fingerprint density at radius 2 is 1.96 bits per heavy atom. The second kappa shape index (κ2) is 8.59. The molecule has 0 aliphatic heterocycles. The van der Waals surface area contributed by atoms with Crippen LogP contribution in [0.3, 0.4) is 0 Å². The first-order valence-corrected chi connectivity index (χ1v) is 8.59. The van der Waals surface area contributed by atoms with Gasteiger partial charge in [-0.1, -0.05) is 35.0 Å².